The number of nitrogens with zero attached hydrogens (tertiary/aromatic N) is 1. The van der Waals surface area contributed by atoms with Gasteiger partial charge in [-0.15, -0.1) is 0 Å². The topological polar surface area (TPSA) is 60.0 Å². The molecule has 0 spiro atoms. The zero-order valence-corrected chi connectivity index (χ0v) is 16.7. The van der Waals surface area contributed by atoms with Gasteiger partial charge in [0.2, 0.25) is 11.7 Å². The van der Waals surface area contributed by atoms with Gasteiger partial charge < -0.3 is 24.4 Å². The van der Waals surface area contributed by atoms with E-state index < -0.39 is 0 Å². The Hall–Kier alpha value is -2.73. The van der Waals surface area contributed by atoms with Crippen molar-refractivity contribution in [2.45, 2.75) is 19.5 Å². The van der Waals surface area contributed by atoms with Crippen molar-refractivity contribution in [1.29, 1.82) is 0 Å². The van der Waals surface area contributed by atoms with E-state index in [1.165, 1.54) is 5.56 Å². The van der Waals surface area contributed by atoms with Crippen LogP contribution in [-0.4, -0.2) is 46.2 Å². The lowest BCUT2D eigenvalue weighted by atomic mass is 10.1. The second kappa shape index (κ2) is 9.83. The van der Waals surface area contributed by atoms with Gasteiger partial charge in [-0.3, -0.25) is 4.79 Å². The second-order valence-corrected chi connectivity index (χ2v) is 6.45. The number of hydrogen-bond donors (Lipinski definition) is 1. The Labute approximate surface area is 161 Å². The quantitative estimate of drug-likeness (QED) is 0.733. The van der Waals surface area contributed by atoms with Crippen molar-refractivity contribution in [3.05, 3.63) is 53.1 Å². The van der Waals surface area contributed by atoms with Crippen LogP contribution in [0.1, 0.15) is 16.7 Å². The van der Waals surface area contributed by atoms with Gasteiger partial charge in [0, 0.05) is 18.7 Å². The number of hydrogen-bond acceptors (Lipinski definition) is 5. The molecule has 146 valence electrons. The summed E-state index contributed by atoms with van der Waals surface area (Å²) >= 11 is 0. The highest BCUT2D eigenvalue weighted by Gasteiger charge is 2.18. The van der Waals surface area contributed by atoms with E-state index in [1.807, 2.05) is 38.4 Å². The van der Waals surface area contributed by atoms with E-state index in [0.29, 0.717) is 23.8 Å². The summed E-state index contributed by atoms with van der Waals surface area (Å²) in [7, 11) is 8.72. The van der Waals surface area contributed by atoms with Crippen LogP contribution in [0.5, 0.6) is 17.2 Å². The maximum absolute atomic E-state index is 12.5. The van der Waals surface area contributed by atoms with Gasteiger partial charge in [0.15, 0.2) is 11.5 Å². The molecule has 0 aromatic heterocycles. The minimum Gasteiger partial charge on any atom is -0.493 e. The lowest BCUT2D eigenvalue weighted by molar-refractivity contribution is -0.120. The molecule has 2 aromatic carbocycles. The van der Waals surface area contributed by atoms with Crippen molar-refractivity contribution in [2.24, 2.45) is 0 Å². The number of methoxy groups -OCH3 is 3. The van der Waals surface area contributed by atoms with Gasteiger partial charge >= 0.3 is 0 Å². The summed E-state index contributed by atoms with van der Waals surface area (Å²) < 4.78 is 16.1. The Bertz CT molecular complexity index is 775. The standard InChI is InChI=1S/C21H28N2O4/c1-23(2)14-17-9-7-6-8-16(17)13-22-19(24)12-15-10-11-18(25-3)21(27-5)20(15)26-4/h6-11H,12-14H2,1-5H3,(H,22,24). The summed E-state index contributed by atoms with van der Waals surface area (Å²) in [5.74, 6) is 1.48. The lowest BCUT2D eigenvalue weighted by Crippen LogP contribution is -2.26. The van der Waals surface area contributed by atoms with Crippen LogP contribution >= 0.6 is 0 Å². The maximum Gasteiger partial charge on any atom is 0.224 e. The first-order chi connectivity index (χ1) is 13.0. The molecular weight excluding hydrogens is 344 g/mol. The highest BCUT2D eigenvalue weighted by atomic mass is 16.5. The van der Waals surface area contributed by atoms with E-state index in [9.17, 15) is 4.79 Å². The summed E-state index contributed by atoms with van der Waals surface area (Å²) in [6.45, 7) is 1.31. The van der Waals surface area contributed by atoms with E-state index in [-0.39, 0.29) is 12.3 Å². The Morgan fingerprint density at radius 3 is 2.15 bits per heavy atom. The predicted molar refractivity (Wildman–Crippen MR) is 105 cm³/mol. The third-order valence-corrected chi connectivity index (χ3v) is 4.22. The van der Waals surface area contributed by atoms with E-state index in [4.69, 9.17) is 14.2 Å². The number of nitrogens with one attached hydrogen (secondary N) is 1. The zero-order valence-electron chi connectivity index (χ0n) is 16.7. The third kappa shape index (κ3) is 5.37. The molecule has 0 aliphatic carbocycles. The smallest absolute Gasteiger partial charge is 0.224 e. The average molecular weight is 372 g/mol. The molecule has 1 N–H and O–H groups in total. The van der Waals surface area contributed by atoms with E-state index in [0.717, 1.165) is 17.7 Å². The van der Waals surface area contributed by atoms with Crippen LogP contribution in [-0.2, 0) is 24.3 Å². The van der Waals surface area contributed by atoms with Gasteiger partial charge in [-0.25, -0.2) is 0 Å². The summed E-state index contributed by atoms with van der Waals surface area (Å²) in [4.78, 5) is 14.6. The predicted octanol–water partition coefficient (Wildman–Crippen LogP) is 2.63. The molecule has 2 aromatic rings. The Morgan fingerprint density at radius 1 is 0.889 bits per heavy atom. The van der Waals surface area contributed by atoms with Gasteiger partial charge in [-0.05, 0) is 31.3 Å². The highest BCUT2D eigenvalue weighted by molar-refractivity contribution is 5.80. The Morgan fingerprint density at radius 2 is 1.56 bits per heavy atom. The van der Waals surface area contributed by atoms with Crippen molar-refractivity contribution < 1.29 is 19.0 Å². The van der Waals surface area contributed by atoms with E-state index in [2.05, 4.69) is 16.3 Å². The Kier molecular flexibility index (Phi) is 7.49. The van der Waals surface area contributed by atoms with Crippen LogP contribution < -0.4 is 19.5 Å². The number of amides is 1. The number of carbonyl (C=O) groups is 1. The first-order valence-electron chi connectivity index (χ1n) is 8.76. The molecule has 0 unspecified atom stereocenters. The van der Waals surface area contributed by atoms with Crippen LogP contribution in [0.15, 0.2) is 36.4 Å². The minimum atomic E-state index is -0.0832. The molecule has 6 nitrogen and oxygen atoms in total. The normalized spacial score (nSPS) is 10.6. The van der Waals surface area contributed by atoms with Crippen LogP contribution in [0.2, 0.25) is 0 Å². The van der Waals surface area contributed by atoms with E-state index in [1.54, 1.807) is 27.4 Å². The first-order valence-corrected chi connectivity index (χ1v) is 8.76. The van der Waals surface area contributed by atoms with Crippen LogP contribution in [0.25, 0.3) is 0 Å². The van der Waals surface area contributed by atoms with Crippen molar-refractivity contribution in [2.75, 3.05) is 35.4 Å². The second-order valence-electron chi connectivity index (χ2n) is 6.45. The fraction of sp³-hybridized carbons (Fsp3) is 0.381. The SMILES string of the molecule is COc1ccc(CC(=O)NCc2ccccc2CN(C)C)c(OC)c1OC. The van der Waals surface area contributed by atoms with Gasteiger partial charge in [-0.2, -0.15) is 0 Å². The number of rotatable bonds is 9. The number of carbonyl (C=O) groups excluding carboxylic acids is 1. The fourth-order valence-corrected chi connectivity index (χ4v) is 2.96. The molecule has 0 heterocycles. The molecule has 0 atom stereocenters. The fourth-order valence-electron chi connectivity index (χ4n) is 2.96. The molecule has 2 rings (SSSR count). The van der Waals surface area contributed by atoms with Gasteiger partial charge in [0.05, 0.1) is 27.8 Å². The van der Waals surface area contributed by atoms with Gasteiger partial charge in [-0.1, -0.05) is 30.3 Å². The molecule has 0 saturated heterocycles. The maximum atomic E-state index is 12.5. The molecule has 0 aliphatic heterocycles. The van der Waals surface area contributed by atoms with Gasteiger partial charge in [0.1, 0.15) is 0 Å². The summed E-state index contributed by atoms with van der Waals surface area (Å²) in [5, 5.41) is 2.99. The summed E-state index contributed by atoms with van der Waals surface area (Å²) in [5.41, 5.74) is 3.06. The van der Waals surface area contributed by atoms with Crippen molar-refractivity contribution >= 4 is 5.91 Å². The third-order valence-electron chi connectivity index (χ3n) is 4.22. The lowest BCUT2D eigenvalue weighted by Gasteiger charge is -2.16. The van der Waals surface area contributed by atoms with Crippen LogP contribution in [0.4, 0.5) is 0 Å². The average Bonchev–Trinajstić information content (AvgIpc) is 2.66. The number of ether oxygens (including phenoxy) is 3. The molecule has 0 fully saturated rings. The molecular formula is C21H28N2O4. The molecule has 0 radical (unpaired) electrons. The summed E-state index contributed by atoms with van der Waals surface area (Å²) in [6, 6.07) is 11.7. The Balaban J connectivity index is 2.09. The minimum absolute atomic E-state index is 0.0832. The van der Waals surface area contributed by atoms with Crippen molar-refractivity contribution in [3.63, 3.8) is 0 Å². The van der Waals surface area contributed by atoms with E-state index >= 15 is 0 Å². The molecule has 6 heteroatoms. The molecule has 1 amide bonds. The first kappa shape index (κ1) is 20.6. The zero-order chi connectivity index (χ0) is 19.8. The van der Waals surface area contributed by atoms with Crippen LogP contribution in [0, 0.1) is 0 Å². The summed E-state index contributed by atoms with van der Waals surface area (Å²) in [6.07, 6.45) is 0.194. The number of benzene rings is 2. The van der Waals surface area contributed by atoms with Gasteiger partial charge in [0.25, 0.3) is 0 Å². The van der Waals surface area contributed by atoms with Crippen LogP contribution in [0.3, 0.4) is 0 Å². The monoisotopic (exact) mass is 372 g/mol. The largest absolute Gasteiger partial charge is 0.493 e. The molecule has 27 heavy (non-hydrogen) atoms. The highest BCUT2D eigenvalue weighted by Crippen LogP contribution is 2.39. The van der Waals surface area contributed by atoms with Crippen molar-refractivity contribution in [3.8, 4) is 17.2 Å². The van der Waals surface area contributed by atoms with Crippen molar-refractivity contribution in [1.82, 2.24) is 10.2 Å². The molecule has 0 aliphatic rings. The molecule has 0 bridgehead atoms. The molecule has 0 saturated carbocycles.